The molecule has 3 aromatic carbocycles. The predicted molar refractivity (Wildman–Crippen MR) is 168 cm³/mol. The van der Waals surface area contributed by atoms with E-state index in [1.807, 2.05) is 54.6 Å². The van der Waals surface area contributed by atoms with Gasteiger partial charge in [-0.3, -0.25) is 4.79 Å². The lowest BCUT2D eigenvalue weighted by atomic mass is 9.79. The molecule has 1 atom stereocenters. The summed E-state index contributed by atoms with van der Waals surface area (Å²) in [6.45, 7) is 2.41. The van der Waals surface area contributed by atoms with Crippen molar-refractivity contribution in [2.75, 3.05) is 13.7 Å². The third-order valence-electron chi connectivity index (χ3n) is 8.09. The fourth-order valence-electron chi connectivity index (χ4n) is 5.71. The third kappa shape index (κ3) is 10.1. The van der Waals surface area contributed by atoms with Crippen molar-refractivity contribution in [2.45, 2.75) is 102 Å². The van der Waals surface area contributed by atoms with E-state index in [0.717, 1.165) is 29.5 Å². The molecule has 4 nitrogen and oxygen atoms in total. The lowest BCUT2D eigenvalue weighted by molar-refractivity contribution is -0.141. The van der Waals surface area contributed by atoms with Crippen LogP contribution in [0.5, 0.6) is 0 Å². The van der Waals surface area contributed by atoms with Crippen molar-refractivity contribution in [3.8, 4) is 0 Å². The second kappa shape index (κ2) is 17.8. The summed E-state index contributed by atoms with van der Waals surface area (Å²) in [4.78, 5) is 11.9. The molecule has 0 radical (unpaired) electrons. The van der Waals surface area contributed by atoms with Crippen molar-refractivity contribution in [1.82, 2.24) is 0 Å². The first-order chi connectivity index (χ1) is 20.0. The zero-order valence-electron chi connectivity index (χ0n) is 25.2. The summed E-state index contributed by atoms with van der Waals surface area (Å²) in [5, 5.41) is 12.0. The van der Waals surface area contributed by atoms with Crippen LogP contribution < -0.4 is 0 Å². The Morgan fingerprint density at radius 2 is 1.05 bits per heavy atom. The van der Waals surface area contributed by atoms with E-state index in [-0.39, 0.29) is 19.0 Å². The molecule has 4 heteroatoms. The number of unbranched alkanes of at least 4 members (excludes halogenated alkanes) is 8. The molecule has 0 aromatic heterocycles. The zero-order valence-corrected chi connectivity index (χ0v) is 25.2. The molecule has 0 aliphatic rings. The molecule has 0 amide bonds. The molecule has 0 spiro atoms. The van der Waals surface area contributed by atoms with Crippen LogP contribution in [0, 0.1) is 0 Å². The molecule has 0 saturated carbocycles. The van der Waals surface area contributed by atoms with Crippen LogP contribution in [0.3, 0.4) is 0 Å². The highest BCUT2D eigenvalue weighted by Gasteiger charge is 2.40. The van der Waals surface area contributed by atoms with Gasteiger partial charge in [0, 0.05) is 6.42 Å². The SMILES string of the molecule is CCCCCCCCCCC[C@](O)(CCCC(=O)OC)COC(c1ccccc1)(c1ccccc1)c1ccccc1. The second-order valence-electron chi connectivity index (χ2n) is 11.3. The average Bonchev–Trinajstić information content (AvgIpc) is 3.02. The Morgan fingerprint density at radius 1 is 0.634 bits per heavy atom. The average molecular weight is 559 g/mol. The Balaban J connectivity index is 1.81. The minimum absolute atomic E-state index is 0.157. The second-order valence-corrected chi connectivity index (χ2v) is 11.3. The highest BCUT2D eigenvalue weighted by atomic mass is 16.5. The predicted octanol–water partition coefficient (Wildman–Crippen LogP) is 8.99. The standard InChI is InChI=1S/C37H50O4/c1-3-4-5-6-7-8-9-10-20-29-36(39,30-21-28-35(38)40-2)31-41-37(32-22-14-11-15-23-32,33-24-16-12-17-25-33)34-26-18-13-19-27-34/h11-19,22-27,39H,3-10,20-21,28-31H2,1-2H3/t36-/m0/s1. The van der Waals surface area contributed by atoms with Gasteiger partial charge in [0.1, 0.15) is 5.60 Å². The highest BCUT2D eigenvalue weighted by molar-refractivity contribution is 5.69. The number of rotatable bonds is 20. The van der Waals surface area contributed by atoms with Crippen LogP contribution in [0.15, 0.2) is 91.0 Å². The number of carbonyl (C=O) groups is 1. The van der Waals surface area contributed by atoms with Crippen molar-refractivity contribution < 1.29 is 19.4 Å². The maximum atomic E-state index is 12.0. The molecule has 1 N–H and O–H groups in total. The molecule has 3 aromatic rings. The lowest BCUT2D eigenvalue weighted by Crippen LogP contribution is -2.42. The van der Waals surface area contributed by atoms with Gasteiger partial charge in [0.05, 0.1) is 19.3 Å². The van der Waals surface area contributed by atoms with E-state index in [2.05, 4.69) is 43.3 Å². The van der Waals surface area contributed by atoms with E-state index >= 15 is 0 Å². The van der Waals surface area contributed by atoms with Crippen LogP contribution in [-0.2, 0) is 19.9 Å². The Kier molecular flexibility index (Phi) is 14.1. The molecule has 0 unspecified atom stereocenters. The summed E-state index contributed by atoms with van der Waals surface area (Å²) in [5.74, 6) is -0.247. The van der Waals surface area contributed by atoms with Crippen molar-refractivity contribution in [3.05, 3.63) is 108 Å². The number of benzene rings is 3. The van der Waals surface area contributed by atoms with Gasteiger partial charge >= 0.3 is 5.97 Å². The smallest absolute Gasteiger partial charge is 0.305 e. The van der Waals surface area contributed by atoms with E-state index in [1.165, 1.54) is 52.1 Å². The summed E-state index contributed by atoms with van der Waals surface area (Å²) in [6, 6.07) is 30.8. The first-order valence-electron chi connectivity index (χ1n) is 15.6. The fraction of sp³-hybridized carbons (Fsp3) is 0.486. The maximum absolute atomic E-state index is 12.0. The van der Waals surface area contributed by atoms with E-state index in [4.69, 9.17) is 9.47 Å². The monoisotopic (exact) mass is 558 g/mol. The van der Waals surface area contributed by atoms with Crippen LogP contribution in [0.2, 0.25) is 0 Å². The molecule has 3 rings (SSSR count). The summed E-state index contributed by atoms with van der Waals surface area (Å²) < 4.78 is 11.9. The van der Waals surface area contributed by atoms with Gasteiger partial charge in [-0.2, -0.15) is 0 Å². The van der Waals surface area contributed by atoms with Crippen LogP contribution in [0.4, 0.5) is 0 Å². The molecule has 0 aliphatic heterocycles. The molecule has 0 heterocycles. The van der Waals surface area contributed by atoms with E-state index in [9.17, 15) is 9.90 Å². The van der Waals surface area contributed by atoms with Crippen molar-refractivity contribution >= 4 is 5.97 Å². The van der Waals surface area contributed by atoms with Crippen molar-refractivity contribution in [2.24, 2.45) is 0 Å². The molecular formula is C37H50O4. The van der Waals surface area contributed by atoms with Gasteiger partial charge in [-0.05, 0) is 36.0 Å². The topological polar surface area (TPSA) is 55.8 Å². The Hall–Kier alpha value is -2.95. The molecular weight excluding hydrogens is 508 g/mol. The first kappa shape index (κ1) is 32.6. The van der Waals surface area contributed by atoms with Crippen molar-refractivity contribution in [1.29, 1.82) is 0 Å². The van der Waals surface area contributed by atoms with Crippen LogP contribution in [-0.4, -0.2) is 30.4 Å². The summed E-state index contributed by atoms with van der Waals surface area (Å²) in [5.41, 5.74) is 1.09. The quantitative estimate of drug-likeness (QED) is 0.0854. The number of hydrogen-bond donors (Lipinski definition) is 1. The summed E-state index contributed by atoms with van der Waals surface area (Å²) in [6.07, 6.45) is 13.0. The maximum Gasteiger partial charge on any atom is 0.305 e. The molecule has 0 bridgehead atoms. The number of ether oxygens (including phenoxy) is 2. The first-order valence-corrected chi connectivity index (χ1v) is 15.6. The molecule has 41 heavy (non-hydrogen) atoms. The molecule has 0 fully saturated rings. The number of hydrogen-bond acceptors (Lipinski definition) is 4. The van der Waals surface area contributed by atoms with E-state index < -0.39 is 11.2 Å². The van der Waals surface area contributed by atoms with Crippen LogP contribution >= 0.6 is 0 Å². The molecule has 0 saturated heterocycles. The summed E-state index contributed by atoms with van der Waals surface area (Å²) in [7, 11) is 1.41. The third-order valence-corrected chi connectivity index (χ3v) is 8.09. The van der Waals surface area contributed by atoms with Gasteiger partial charge in [-0.15, -0.1) is 0 Å². The Morgan fingerprint density at radius 3 is 1.49 bits per heavy atom. The largest absolute Gasteiger partial charge is 0.469 e. The van der Waals surface area contributed by atoms with Gasteiger partial charge in [-0.1, -0.05) is 156 Å². The number of carbonyl (C=O) groups excluding carboxylic acids is 1. The van der Waals surface area contributed by atoms with Crippen LogP contribution in [0.1, 0.15) is 107 Å². The Bertz CT molecular complexity index is 1000. The summed E-state index contributed by atoms with van der Waals surface area (Å²) >= 11 is 0. The van der Waals surface area contributed by atoms with Gasteiger partial charge in [0.15, 0.2) is 0 Å². The molecule has 222 valence electrons. The highest BCUT2D eigenvalue weighted by Crippen LogP contribution is 2.41. The number of aliphatic hydroxyl groups is 1. The lowest BCUT2D eigenvalue weighted by Gasteiger charge is -2.39. The fourth-order valence-corrected chi connectivity index (χ4v) is 5.71. The Labute approximate surface area is 248 Å². The minimum atomic E-state index is -1.06. The van der Waals surface area contributed by atoms with Gasteiger partial charge in [0.25, 0.3) is 0 Å². The molecule has 0 aliphatic carbocycles. The minimum Gasteiger partial charge on any atom is -0.469 e. The van der Waals surface area contributed by atoms with E-state index in [1.54, 1.807) is 0 Å². The normalized spacial score (nSPS) is 13.0. The van der Waals surface area contributed by atoms with Gasteiger partial charge in [-0.25, -0.2) is 0 Å². The van der Waals surface area contributed by atoms with Crippen molar-refractivity contribution in [3.63, 3.8) is 0 Å². The zero-order chi connectivity index (χ0) is 29.2. The number of methoxy groups -OCH3 is 1. The van der Waals surface area contributed by atoms with E-state index in [0.29, 0.717) is 19.3 Å². The van der Waals surface area contributed by atoms with Gasteiger partial charge in [0.2, 0.25) is 0 Å². The van der Waals surface area contributed by atoms with Gasteiger partial charge < -0.3 is 14.6 Å². The number of esters is 1. The van der Waals surface area contributed by atoms with Crippen LogP contribution in [0.25, 0.3) is 0 Å².